The number of aryl methyl sites for hydroxylation is 1. The van der Waals surface area contributed by atoms with Crippen molar-refractivity contribution in [2.24, 2.45) is 0 Å². The SMILES string of the molecule is Cc1cc(C(=O)O)ccc1OCc1ccc(C#N)cc1Cl. The van der Waals surface area contributed by atoms with Crippen molar-refractivity contribution in [3.63, 3.8) is 0 Å². The lowest BCUT2D eigenvalue weighted by molar-refractivity contribution is 0.0696. The van der Waals surface area contributed by atoms with Gasteiger partial charge in [0.25, 0.3) is 0 Å². The molecule has 2 aromatic carbocycles. The van der Waals surface area contributed by atoms with E-state index in [0.29, 0.717) is 16.3 Å². The Morgan fingerprint density at radius 2 is 2.10 bits per heavy atom. The maximum absolute atomic E-state index is 10.9. The molecule has 0 unspecified atom stereocenters. The molecule has 0 aliphatic rings. The van der Waals surface area contributed by atoms with Gasteiger partial charge < -0.3 is 9.84 Å². The van der Waals surface area contributed by atoms with Gasteiger partial charge in [0.05, 0.1) is 17.2 Å². The molecule has 2 aromatic rings. The lowest BCUT2D eigenvalue weighted by Crippen LogP contribution is -2.01. The Bertz CT molecular complexity index is 735. The van der Waals surface area contributed by atoms with Crippen LogP contribution in [0.3, 0.4) is 0 Å². The minimum Gasteiger partial charge on any atom is -0.489 e. The summed E-state index contributed by atoms with van der Waals surface area (Å²) in [6.07, 6.45) is 0. The number of nitrogens with zero attached hydrogens (tertiary/aromatic N) is 1. The molecule has 0 bridgehead atoms. The number of aromatic carboxylic acids is 1. The molecule has 2 rings (SSSR count). The molecule has 1 N–H and O–H groups in total. The third kappa shape index (κ3) is 3.53. The lowest BCUT2D eigenvalue weighted by atomic mass is 10.1. The molecule has 0 spiro atoms. The molecule has 0 aliphatic heterocycles. The zero-order valence-corrected chi connectivity index (χ0v) is 12.0. The summed E-state index contributed by atoms with van der Waals surface area (Å²) in [5.41, 5.74) is 2.21. The number of rotatable bonds is 4. The van der Waals surface area contributed by atoms with Crippen LogP contribution in [-0.2, 0) is 6.61 Å². The molecule has 4 nitrogen and oxygen atoms in total. The zero-order valence-electron chi connectivity index (χ0n) is 11.3. The number of carboxylic acids is 1. The second-order valence-corrected chi connectivity index (χ2v) is 4.90. The van der Waals surface area contributed by atoms with Crippen molar-refractivity contribution in [3.8, 4) is 11.8 Å². The van der Waals surface area contributed by atoms with E-state index in [-0.39, 0.29) is 12.2 Å². The van der Waals surface area contributed by atoms with Crippen molar-refractivity contribution in [2.45, 2.75) is 13.5 Å². The van der Waals surface area contributed by atoms with Crippen LogP contribution in [0.2, 0.25) is 5.02 Å². The van der Waals surface area contributed by atoms with E-state index in [1.54, 1.807) is 37.3 Å². The standard InChI is InChI=1S/C16H12ClNO3/c1-10-6-12(16(19)20)4-5-15(10)21-9-13-3-2-11(8-18)7-14(13)17/h2-7H,9H2,1H3,(H,19,20). The molecule has 0 aromatic heterocycles. The van der Waals surface area contributed by atoms with Gasteiger partial charge in [-0.25, -0.2) is 4.79 Å². The van der Waals surface area contributed by atoms with Crippen molar-refractivity contribution >= 4 is 17.6 Å². The summed E-state index contributed by atoms with van der Waals surface area (Å²) in [7, 11) is 0. The van der Waals surface area contributed by atoms with Crippen LogP contribution < -0.4 is 4.74 Å². The van der Waals surface area contributed by atoms with Gasteiger partial charge in [-0.15, -0.1) is 0 Å². The number of halogens is 1. The number of carbonyl (C=O) groups is 1. The van der Waals surface area contributed by atoms with Crippen molar-refractivity contribution in [1.82, 2.24) is 0 Å². The average molecular weight is 302 g/mol. The Balaban J connectivity index is 2.13. The quantitative estimate of drug-likeness (QED) is 0.932. The Kier molecular flexibility index (Phi) is 4.46. The average Bonchev–Trinajstić information content (AvgIpc) is 2.46. The second-order valence-electron chi connectivity index (χ2n) is 4.49. The summed E-state index contributed by atoms with van der Waals surface area (Å²) in [5, 5.41) is 18.2. The van der Waals surface area contributed by atoms with E-state index in [2.05, 4.69) is 0 Å². The van der Waals surface area contributed by atoms with Gasteiger partial charge in [0, 0.05) is 10.6 Å². The third-order valence-corrected chi connectivity index (χ3v) is 3.34. The highest BCUT2D eigenvalue weighted by Crippen LogP contribution is 2.23. The van der Waals surface area contributed by atoms with E-state index in [9.17, 15) is 4.79 Å². The molecule has 0 heterocycles. The van der Waals surface area contributed by atoms with Gasteiger partial charge in [0.15, 0.2) is 0 Å². The molecule has 0 radical (unpaired) electrons. The highest BCUT2D eigenvalue weighted by Gasteiger charge is 2.08. The Morgan fingerprint density at radius 1 is 1.33 bits per heavy atom. The van der Waals surface area contributed by atoms with Gasteiger partial charge in [-0.3, -0.25) is 0 Å². The predicted molar refractivity (Wildman–Crippen MR) is 78.6 cm³/mol. The molecule has 106 valence electrons. The van der Waals surface area contributed by atoms with Crippen LogP contribution in [-0.4, -0.2) is 11.1 Å². The summed E-state index contributed by atoms with van der Waals surface area (Å²) < 4.78 is 5.65. The summed E-state index contributed by atoms with van der Waals surface area (Å²) >= 11 is 6.07. The van der Waals surface area contributed by atoms with Crippen LogP contribution in [0, 0.1) is 18.3 Å². The monoisotopic (exact) mass is 301 g/mol. The second kappa shape index (κ2) is 6.29. The van der Waals surface area contributed by atoms with Crippen LogP contribution in [0.4, 0.5) is 0 Å². The highest BCUT2D eigenvalue weighted by atomic mass is 35.5. The molecule has 0 saturated carbocycles. The topological polar surface area (TPSA) is 70.3 Å². The van der Waals surface area contributed by atoms with Gasteiger partial charge >= 0.3 is 5.97 Å². The molecule has 0 amide bonds. The van der Waals surface area contributed by atoms with E-state index < -0.39 is 5.97 Å². The smallest absolute Gasteiger partial charge is 0.335 e. The predicted octanol–water partition coefficient (Wildman–Crippen LogP) is 3.80. The summed E-state index contributed by atoms with van der Waals surface area (Å²) in [6, 6.07) is 11.7. The first-order chi connectivity index (χ1) is 10.0. The fourth-order valence-corrected chi connectivity index (χ4v) is 2.07. The Labute approximate surface area is 127 Å². The van der Waals surface area contributed by atoms with Crippen LogP contribution in [0.1, 0.15) is 27.0 Å². The number of nitriles is 1. The Hall–Kier alpha value is -2.51. The number of benzene rings is 2. The number of hydrogen-bond acceptors (Lipinski definition) is 3. The first-order valence-electron chi connectivity index (χ1n) is 6.16. The lowest BCUT2D eigenvalue weighted by Gasteiger charge is -2.11. The van der Waals surface area contributed by atoms with Crippen LogP contribution in [0.5, 0.6) is 5.75 Å². The number of hydrogen-bond donors (Lipinski definition) is 1. The normalized spacial score (nSPS) is 9.95. The van der Waals surface area contributed by atoms with E-state index in [1.165, 1.54) is 6.07 Å². The fraction of sp³-hybridized carbons (Fsp3) is 0.125. The van der Waals surface area contributed by atoms with Crippen LogP contribution in [0.25, 0.3) is 0 Å². The maximum atomic E-state index is 10.9. The molecule has 21 heavy (non-hydrogen) atoms. The van der Waals surface area contributed by atoms with Gasteiger partial charge in [-0.2, -0.15) is 5.26 Å². The molecule has 0 fully saturated rings. The largest absolute Gasteiger partial charge is 0.489 e. The minimum atomic E-state index is -0.972. The molecule has 5 heteroatoms. The molecular weight excluding hydrogens is 290 g/mol. The van der Waals surface area contributed by atoms with Crippen molar-refractivity contribution in [2.75, 3.05) is 0 Å². The van der Waals surface area contributed by atoms with Crippen molar-refractivity contribution in [1.29, 1.82) is 5.26 Å². The van der Waals surface area contributed by atoms with Crippen molar-refractivity contribution < 1.29 is 14.6 Å². The van der Waals surface area contributed by atoms with E-state index in [1.807, 2.05) is 6.07 Å². The Morgan fingerprint density at radius 3 is 2.67 bits per heavy atom. The fourth-order valence-electron chi connectivity index (χ4n) is 1.83. The van der Waals surface area contributed by atoms with Gasteiger partial charge in [0.2, 0.25) is 0 Å². The number of carboxylic acid groups (broad SMARTS) is 1. The molecular formula is C16H12ClNO3. The van der Waals surface area contributed by atoms with Crippen molar-refractivity contribution in [3.05, 3.63) is 63.7 Å². The van der Waals surface area contributed by atoms with Gasteiger partial charge in [-0.1, -0.05) is 17.7 Å². The van der Waals surface area contributed by atoms with Crippen LogP contribution in [0.15, 0.2) is 36.4 Å². The summed E-state index contributed by atoms with van der Waals surface area (Å²) in [5.74, 6) is -0.375. The van der Waals surface area contributed by atoms with Gasteiger partial charge in [-0.05, 0) is 42.8 Å². The van der Waals surface area contributed by atoms with E-state index in [0.717, 1.165) is 11.1 Å². The summed E-state index contributed by atoms with van der Waals surface area (Å²) in [4.78, 5) is 10.9. The van der Waals surface area contributed by atoms with E-state index in [4.69, 9.17) is 26.7 Å². The number of ether oxygens (including phenoxy) is 1. The zero-order chi connectivity index (χ0) is 15.4. The molecule has 0 atom stereocenters. The van der Waals surface area contributed by atoms with Crippen LogP contribution >= 0.6 is 11.6 Å². The minimum absolute atomic E-state index is 0.219. The first-order valence-corrected chi connectivity index (χ1v) is 6.54. The first kappa shape index (κ1) is 14.9. The van der Waals surface area contributed by atoms with Gasteiger partial charge in [0.1, 0.15) is 12.4 Å². The third-order valence-electron chi connectivity index (χ3n) is 2.99. The highest BCUT2D eigenvalue weighted by molar-refractivity contribution is 6.31. The van der Waals surface area contributed by atoms with E-state index >= 15 is 0 Å². The molecule has 0 aliphatic carbocycles. The summed E-state index contributed by atoms with van der Waals surface area (Å²) in [6.45, 7) is 2.03. The maximum Gasteiger partial charge on any atom is 0.335 e. The molecule has 0 saturated heterocycles.